The highest BCUT2D eigenvalue weighted by Crippen LogP contribution is 2.34. The number of aromatic amines is 1. The number of ether oxygens (including phenoxy) is 2. The summed E-state index contributed by atoms with van der Waals surface area (Å²) < 4.78 is 10.6. The molecule has 0 aliphatic carbocycles. The number of carbonyl (C=O) groups is 1. The number of fused-ring (bicyclic) bond motifs is 3. The van der Waals surface area contributed by atoms with E-state index < -0.39 is 0 Å². The summed E-state index contributed by atoms with van der Waals surface area (Å²) in [5, 5.41) is 3.62. The van der Waals surface area contributed by atoms with E-state index >= 15 is 0 Å². The molecule has 0 radical (unpaired) electrons. The first-order chi connectivity index (χ1) is 14.5. The van der Waals surface area contributed by atoms with E-state index in [1.807, 2.05) is 24.8 Å². The molecule has 0 saturated heterocycles. The second kappa shape index (κ2) is 7.18. The minimum Gasteiger partial charge on any atom is -0.454 e. The third-order valence-electron chi connectivity index (χ3n) is 5.72. The molecule has 7 heteroatoms. The Bertz CT molecular complexity index is 1230. The van der Waals surface area contributed by atoms with Gasteiger partial charge in [-0.1, -0.05) is 6.07 Å². The van der Waals surface area contributed by atoms with Crippen molar-refractivity contribution in [3.05, 3.63) is 62.9 Å². The van der Waals surface area contributed by atoms with Gasteiger partial charge in [0.1, 0.15) is 0 Å². The van der Waals surface area contributed by atoms with Crippen molar-refractivity contribution in [2.75, 3.05) is 25.2 Å². The maximum Gasteiger partial charge on any atom is 0.238 e. The van der Waals surface area contributed by atoms with Crippen molar-refractivity contribution >= 4 is 22.5 Å². The van der Waals surface area contributed by atoms with Crippen molar-refractivity contribution in [2.45, 2.75) is 26.8 Å². The fourth-order valence-electron chi connectivity index (χ4n) is 4.30. The van der Waals surface area contributed by atoms with Crippen molar-refractivity contribution in [1.29, 1.82) is 0 Å². The molecule has 7 nitrogen and oxygen atoms in total. The third-order valence-corrected chi connectivity index (χ3v) is 5.72. The molecule has 3 aromatic rings. The van der Waals surface area contributed by atoms with Crippen molar-refractivity contribution in [3.63, 3.8) is 0 Å². The molecule has 0 bridgehead atoms. The number of carbonyl (C=O) groups excluding carboxylic acids is 1. The topological polar surface area (TPSA) is 83.7 Å². The van der Waals surface area contributed by atoms with Crippen LogP contribution in [0.15, 0.2) is 35.1 Å². The molecule has 1 amide bonds. The maximum atomic E-state index is 13.1. The Morgan fingerprint density at radius 3 is 2.87 bits per heavy atom. The Morgan fingerprint density at radius 2 is 2.00 bits per heavy atom. The number of H-pyrrole nitrogens is 1. The Balaban J connectivity index is 1.33. The monoisotopic (exact) mass is 405 g/mol. The van der Waals surface area contributed by atoms with Gasteiger partial charge in [-0.25, -0.2) is 0 Å². The molecular weight excluding hydrogens is 382 g/mol. The van der Waals surface area contributed by atoms with Crippen LogP contribution in [0.4, 0.5) is 5.69 Å². The quantitative estimate of drug-likeness (QED) is 0.700. The highest BCUT2D eigenvalue weighted by atomic mass is 16.7. The summed E-state index contributed by atoms with van der Waals surface area (Å²) in [6.07, 6.45) is 0.713. The minimum atomic E-state index is -0.124. The summed E-state index contributed by atoms with van der Waals surface area (Å²) in [6, 6.07) is 9.35. The second-order valence-electron chi connectivity index (χ2n) is 7.99. The molecule has 2 aromatic carbocycles. The normalized spacial score (nSPS) is 15.3. The Hall–Kier alpha value is -3.32. The van der Waals surface area contributed by atoms with Gasteiger partial charge in [0.05, 0.1) is 12.1 Å². The van der Waals surface area contributed by atoms with E-state index in [1.54, 1.807) is 18.2 Å². The van der Waals surface area contributed by atoms with E-state index in [2.05, 4.69) is 16.4 Å². The smallest absolute Gasteiger partial charge is 0.238 e. The number of nitrogens with one attached hydrogen (secondary N) is 2. The van der Waals surface area contributed by atoms with Gasteiger partial charge in [-0.2, -0.15) is 0 Å². The Labute approximate surface area is 173 Å². The largest absolute Gasteiger partial charge is 0.454 e. The summed E-state index contributed by atoms with van der Waals surface area (Å²) in [4.78, 5) is 31.2. The minimum absolute atomic E-state index is 0.0615. The van der Waals surface area contributed by atoms with E-state index in [4.69, 9.17) is 9.47 Å². The molecule has 0 spiro atoms. The van der Waals surface area contributed by atoms with Crippen LogP contribution in [0.3, 0.4) is 0 Å². The first kappa shape index (κ1) is 18.7. The molecule has 0 unspecified atom stereocenters. The highest BCUT2D eigenvalue weighted by Gasteiger charge is 2.23. The molecule has 2 aliphatic heterocycles. The summed E-state index contributed by atoms with van der Waals surface area (Å²) >= 11 is 0. The summed E-state index contributed by atoms with van der Waals surface area (Å²) in [6.45, 7) is 5.61. The fraction of sp³-hybridized carbons (Fsp3) is 0.304. The van der Waals surface area contributed by atoms with Crippen LogP contribution in [0.25, 0.3) is 10.9 Å². The predicted molar refractivity (Wildman–Crippen MR) is 114 cm³/mol. The van der Waals surface area contributed by atoms with E-state index in [-0.39, 0.29) is 24.7 Å². The molecule has 3 heterocycles. The number of amides is 1. The SMILES string of the molecule is Cc1cc(C)c2[nH]c3c(c(=O)c2c1)CN(CC(=O)Nc1ccc2c(c1)OCO2)CC3. The summed E-state index contributed by atoms with van der Waals surface area (Å²) in [5.41, 5.74) is 5.53. The number of pyridine rings is 1. The van der Waals surface area contributed by atoms with Crippen molar-refractivity contribution in [2.24, 2.45) is 0 Å². The van der Waals surface area contributed by atoms with Gasteiger partial charge in [0, 0.05) is 47.9 Å². The van der Waals surface area contributed by atoms with Crippen molar-refractivity contribution in [3.8, 4) is 11.5 Å². The Morgan fingerprint density at radius 1 is 1.17 bits per heavy atom. The molecule has 1 aromatic heterocycles. The van der Waals surface area contributed by atoms with E-state index in [1.165, 1.54) is 0 Å². The van der Waals surface area contributed by atoms with Crippen LogP contribution in [-0.2, 0) is 17.8 Å². The molecule has 0 atom stereocenters. The van der Waals surface area contributed by atoms with Crippen molar-refractivity contribution in [1.82, 2.24) is 9.88 Å². The number of hydrogen-bond acceptors (Lipinski definition) is 5. The van der Waals surface area contributed by atoms with Gasteiger partial charge in [-0.15, -0.1) is 0 Å². The molecule has 2 N–H and O–H groups in total. The predicted octanol–water partition coefficient (Wildman–Crippen LogP) is 2.87. The molecule has 154 valence electrons. The van der Waals surface area contributed by atoms with Gasteiger partial charge in [-0.3, -0.25) is 14.5 Å². The van der Waals surface area contributed by atoms with Gasteiger partial charge in [-0.05, 0) is 43.2 Å². The zero-order valence-corrected chi connectivity index (χ0v) is 17.0. The van der Waals surface area contributed by atoms with Crippen LogP contribution in [0.5, 0.6) is 11.5 Å². The zero-order chi connectivity index (χ0) is 20.8. The number of nitrogens with zero attached hydrogens (tertiary/aromatic N) is 1. The second-order valence-corrected chi connectivity index (χ2v) is 7.99. The van der Waals surface area contributed by atoms with Crippen LogP contribution >= 0.6 is 0 Å². The standard InChI is InChI=1S/C23H23N3O4/c1-13-7-14(2)22-16(8-13)23(28)17-10-26(6-5-18(17)25-22)11-21(27)24-15-3-4-19-20(9-15)30-12-29-19/h3-4,7-9H,5-6,10-12H2,1-2H3,(H,24,27)(H,25,28). The van der Waals surface area contributed by atoms with Crippen LogP contribution in [-0.4, -0.2) is 35.7 Å². The number of aryl methyl sites for hydroxylation is 2. The Kier molecular flexibility index (Phi) is 4.47. The van der Waals surface area contributed by atoms with Crippen LogP contribution in [0, 0.1) is 13.8 Å². The molecule has 30 heavy (non-hydrogen) atoms. The van der Waals surface area contributed by atoms with Gasteiger partial charge in [0.2, 0.25) is 12.7 Å². The summed E-state index contributed by atoms with van der Waals surface area (Å²) in [7, 11) is 0. The van der Waals surface area contributed by atoms with E-state index in [0.717, 1.165) is 33.3 Å². The first-order valence-electron chi connectivity index (χ1n) is 10.0. The van der Waals surface area contributed by atoms with Gasteiger partial charge in [0.15, 0.2) is 16.9 Å². The van der Waals surface area contributed by atoms with Gasteiger partial charge >= 0.3 is 0 Å². The number of rotatable bonds is 3. The molecule has 2 aliphatic rings. The number of aromatic nitrogens is 1. The zero-order valence-electron chi connectivity index (χ0n) is 17.0. The van der Waals surface area contributed by atoms with Crippen molar-refractivity contribution < 1.29 is 14.3 Å². The average molecular weight is 405 g/mol. The lowest BCUT2D eigenvalue weighted by atomic mass is 9.99. The van der Waals surface area contributed by atoms with Crippen LogP contribution in [0.2, 0.25) is 0 Å². The lowest BCUT2D eigenvalue weighted by Crippen LogP contribution is -2.39. The molecular formula is C23H23N3O4. The average Bonchev–Trinajstić information content (AvgIpc) is 3.17. The lowest BCUT2D eigenvalue weighted by molar-refractivity contribution is -0.117. The third kappa shape index (κ3) is 3.31. The number of benzene rings is 2. The van der Waals surface area contributed by atoms with Crippen LogP contribution in [0.1, 0.15) is 22.4 Å². The molecule has 0 saturated carbocycles. The van der Waals surface area contributed by atoms with Gasteiger partial charge in [0.25, 0.3) is 0 Å². The fourth-order valence-corrected chi connectivity index (χ4v) is 4.30. The number of anilines is 1. The van der Waals surface area contributed by atoms with Crippen LogP contribution < -0.4 is 20.2 Å². The lowest BCUT2D eigenvalue weighted by Gasteiger charge is -2.28. The number of hydrogen-bond donors (Lipinski definition) is 2. The summed E-state index contributed by atoms with van der Waals surface area (Å²) in [5.74, 6) is 1.18. The highest BCUT2D eigenvalue weighted by molar-refractivity contribution is 5.92. The van der Waals surface area contributed by atoms with Gasteiger partial charge < -0.3 is 19.8 Å². The first-order valence-corrected chi connectivity index (χ1v) is 10.0. The molecule has 5 rings (SSSR count). The van der Waals surface area contributed by atoms with E-state index in [9.17, 15) is 9.59 Å². The maximum absolute atomic E-state index is 13.1. The molecule has 0 fully saturated rings. The van der Waals surface area contributed by atoms with E-state index in [0.29, 0.717) is 36.7 Å².